The van der Waals surface area contributed by atoms with Crippen molar-refractivity contribution >= 4 is 5.69 Å². The Kier molecular flexibility index (Phi) is 6.40. The summed E-state index contributed by atoms with van der Waals surface area (Å²) in [6, 6.07) is 1.68. The van der Waals surface area contributed by atoms with E-state index in [0.717, 1.165) is 25.3 Å². The second-order valence-electron chi connectivity index (χ2n) is 6.64. The predicted octanol–water partition coefficient (Wildman–Crippen LogP) is 2.11. The molecular weight excluding hydrogens is 264 g/mol. The van der Waals surface area contributed by atoms with Crippen LogP contribution in [0.4, 0.5) is 5.69 Å². The maximum absolute atomic E-state index is 12.2. The first kappa shape index (κ1) is 17.7. The molecule has 0 aliphatic rings. The van der Waals surface area contributed by atoms with Gasteiger partial charge in [-0.05, 0) is 47.1 Å². The predicted molar refractivity (Wildman–Crippen MR) is 89.0 cm³/mol. The van der Waals surface area contributed by atoms with Gasteiger partial charge in [-0.25, -0.2) is 4.68 Å². The molecule has 1 unspecified atom stereocenters. The maximum atomic E-state index is 12.2. The van der Waals surface area contributed by atoms with Crippen LogP contribution in [0.5, 0.6) is 0 Å². The first-order valence-corrected chi connectivity index (χ1v) is 7.84. The molecule has 1 N–H and O–H groups in total. The van der Waals surface area contributed by atoms with Crippen molar-refractivity contribution in [1.29, 1.82) is 0 Å². The first-order valence-electron chi connectivity index (χ1n) is 7.84. The Morgan fingerprint density at radius 3 is 2.43 bits per heavy atom. The Balaban J connectivity index is 2.70. The Morgan fingerprint density at radius 1 is 1.33 bits per heavy atom. The molecular formula is C16H30N4O. The minimum Gasteiger partial charge on any atom is -0.371 e. The van der Waals surface area contributed by atoms with Crippen molar-refractivity contribution in [3.63, 3.8) is 0 Å². The lowest BCUT2D eigenvalue weighted by Gasteiger charge is -2.24. The number of anilines is 1. The fraction of sp³-hybridized carbons (Fsp3) is 0.750. The number of hydrogen-bond acceptors (Lipinski definition) is 4. The summed E-state index contributed by atoms with van der Waals surface area (Å²) >= 11 is 0. The molecule has 0 aliphatic carbocycles. The third-order valence-corrected chi connectivity index (χ3v) is 3.45. The van der Waals surface area contributed by atoms with Gasteiger partial charge in [0.05, 0.1) is 11.9 Å². The van der Waals surface area contributed by atoms with Crippen LogP contribution in [0.3, 0.4) is 0 Å². The van der Waals surface area contributed by atoms with E-state index in [2.05, 4.69) is 56.9 Å². The Morgan fingerprint density at radius 2 is 1.95 bits per heavy atom. The molecule has 1 atom stereocenters. The van der Waals surface area contributed by atoms with Gasteiger partial charge < -0.3 is 10.2 Å². The summed E-state index contributed by atoms with van der Waals surface area (Å²) < 4.78 is 1.56. The van der Waals surface area contributed by atoms with Crippen molar-refractivity contribution in [3.05, 3.63) is 22.6 Å². The first-order chi connectivity index (χ1) is 9.76. The van der Waals surface area contributed by atoms with Crippen molar-refractivity contribution in [3.8, 4) is 0 Å². The molecule has 0 spiro atoms. The number of hydrogen-bond donors (Lipinski definition) is 1. The summed E-state index contributed by atoms with van der Waals surface area (Å²) in [5, 5.41) is 7.77. The molecule has 5 nitrogen and oxygen atoms in total. The molecule has 1 aromatic rings. The van der Waals surface area contributed by atoms with Crippen molar-refractivity contribution in [2.75, 3.05) is 24.5 Å². The van der Waals surface area contributed by atoms with Crippen molar-refractivity contribution < 1.29 is 0 Å². The topological polar surface area (TPSA) is 50.2 Å². The van der Waals surface area contributed by atoms with E-state index in [-0.39, 0.29) is 11.1 Å². The Labute approximate surface area is 128 Å². The maximum Gasteiger partial charge on any atom is 0.268 e. The van der Waals surface area contributed by atoms with Crippen LogP contribution < -0.4 is 15.8 Å². The minimum atomic E-state index is -0.0259. The molecule has 21 heavy (non-hydrogen) atoms. The zero-order valence-corrected chi connectivity index (χ0v) is 14.3. The van der Waals surface area contributed by atoms with E-state index < -0.39 is 0 Å². The molecule has 0 saturated carbocycles. The molecule has 0 aromatic carbocycles. The fourth-order valence-corrected chi connectivity index (χ4v) is 2.16. The van der Waals surface area contributed by atoms with Gasteiger partial charge in [0.15, 0.2) is 0 Å². The normalized spacial score (nSPS) is 13.2. The average molecular weight is 294 g/mol. The summed E-state index contributed by atoms with van der Waals surface area (Å²) in [6.07, 6.45) is 1.79. The third kappa shape index (κ3) is 5.87. The van der Waals surface area contributed by atoms with Crippen LogP contribution in [0.1, 0.15) is 41.5 Å². The second kappa shape index (κ2) is 7.59. The van der Waals surface area contributed by atoms with Crippen LogP contribution in [0.25, 0.3) is 0 Å². The highest BCUT2D eigenvalue weighted by Crippen LogP contribution is 2.09. The van der Waals surface area contributed by atoms with Gasteiger partial charge >= 0.3 is 0 Å². The molecule has 1 rings (SSSR count). The SMILES string of the molecule is CCN(CC)c1cnn(CC(C)CNC(C)(C)C)c(=O)c1. The Hall–Kier alpha value is -1.36. The molecule has 1 aromatic heterocycles. The highest BCUT2D eigenvalue weighted by Gasteiger charge is 2.13. The molecule has 0 saturated heterocycles. The molecule has 0 bridgehead atoms. The van der Waals surface area contributed by atoms with Crippen molar-refractivity contribution in [1.82, 2.24) is 15.1 Å². The lowest BCUT2D eigenvalue weighted by Crippen LogP contribution is -2.40. The zero-order chi connectivity index (χ0) is 16.0. The van der Waals surface area contributed by atoms with Gasteiger partial charge in [-0.15, -0.1) is 0 Å². The van der Waals surface area contributed by atoms with Crippen LogP contribution in [0.2, 0.25) is 0 Å². The second-order valence-corrected chi connectivity index (χ2v) is 6.64. The highest BCUT2D eigenvalue weighted by atomic mass is 16.1. The van der Waals surface area contributed by atoms with Crippen molar-refractivity contribution in [2.45, 2.75) is 53.6 Å². The smallest absolute Gasteiger partial charge is 0.268 e. The zero-order valence-electron chi connectivity index (χ0n) is 14.3. The van der Waals surface area contributed by atoms with Gasteiger partial charge in [-0.3, -0.25) is 4.79 Å². The highest BCUT2D eigenvalue weighted by molar-refractivity contribution is 5.42. The summed E-state index contributed by atoms with van der Waals surface area (Å²) in [5.41, 5.74) is 0.975. The van der Waals surface area contributed by atoms with E-state index in [1.165, 1.54) is 0 Å². The fourth-order valence-electron chi connectivity index (χ4n) is 2.16. The quantitative estimate of drug-likeness (QED) is 0.837. The van der Waals surface area contributed by atoms with E-state index in [0.29, 0.717) is 12.5 Å². The van der Waals surface area contributed by atoms with E-state index in [4.69, 9.17) is 0 Å². The van der Waals surface area contributed by atoms with Crippen LogP contribution in [0, 0.1) is 5.92 Å². The van der Waals surface area contributed by atoms with Crippen LogP contribution in [0.15, 0.2) is 17.1 Å². The van der Waals surface area contributed by atoms with E-state index in [9.17, 15) is 4.79 Å². The minimum absolute atomic E-state index is 0.0259. The molecule has 120 valence electrons. The summed E-state index contributed by atoms with van der Waals surface area (Å²) in [7, 11) is 0. The standard InChI is InChI=1S/C16H30N4O/c1-7-19(8-2)14-9-15(21)20(18-11-14)12-13(3)10-17-16(4,5)6/h9,11,13,17H,7-8,10,12H2,1-6H3. The molecule has 0 aliphatic heterocycles. The van der Waals surface area contributed by atoms with Crippen LogP contribution >= 0.6 is 0 Å². The third-order valence-electron chi connectivity index (χ3n) is 3.45. The van der Waals surface area contributed by atoms with Crippen LogP contribution in [-0.2, 0) is 6.54 Å². The number of aromatic nitrogens is 2. The average Bonchev–Trinajstić information content (AvgIpc) is 2.40. The van der Waals surface area contributed by atoms with Crippen LogP contribution in [-0.4, -0.2) is 35.0 Å². The van der Waals surface area contributed by atoms with Gasteiger partial charge in [-0.2, -0.15) is 5.10 Å². The lowest BCUT2D eigenvalue weighted by molar-refractivity contribution is 0.347. The molecule has 0 fully saturated rings. The molecule has 0 amide bonds. The molecule has 5 heteroatoms. The van der Waals surface area contributed by atoms with E-state index >= 15 is 0 Å². The monoisotopic (exact) mass is 294 g/mol. The number of rotatable bonds is 7. The number of nitrogens with one attached hydrogen (secondary N) is 1. The molecule has 1 heterocycles. The molecule has 0 radical (unpaired) electrons. The van der Waals surface area contributed by atoms with Gasteiger partial charge in [0.2, 0.25) is 0 Å². The van der Waals surface area contributed by atoms with E-state index in [1.807, 2.05) is 0 Å². The number of nitrogens with zero attached hydrogens (tertiary/aromatic N) is 3. The van der Waals surface area contributed by atoms with Gasteiger partial charge in [0, 0.05) is 31.2 Å². The summed E-state index contributed by atoms with van der Waals surface area (Å²) in [6.45, 7) is 16.0. The summed E-state index contributed by atoms with van der Waals surface area (Å²) in [5.74, 6) is 0.355. The van der Waals surface area contributed by atoms with Crippen molar-refractivity contribution in [2.24, 2.45) is 5.92 Å². The van der Waals surface area contributed by atoms with Gasteiger partial charge in [-0.1, -0.05) is 6.92 Å². The lowest BCUT2D eigenvalue weighted by atomic mass is 10.1. The van der Waals surface area contributed by atoms with Gasteiger partial charge in [0.1, 0.15) is 0 Å². The Bertz CT molecular complexity index is 486. The van der Waals surface area contributed by atoms with E-state index in [1.54, 1.807) is 16.9 Å². The largest absolute Gasteiger partial charge is 0.371 e. The van der Waals surface area contributed by atoms with Gasteiger partial charge in [0.25, 0.3) is 5.56 Å². The summed E-state index contributed by atoms with van der Waals surface area (Å²) in [4.78, 5) is 14.3.